The average Bonchev–Trinajstić information content (AvgIpc) is 2.47. The van der Waals surface area contributed by atoms with Crippen molar-refractivity contribution in [1.29, 1.82) is 0 Å². The van der Waals surface area contributed by atoms with Crippen molar-refractivity contribution >= 4 is 11.3 Å². The highest BCUT2D eigenvalue weighted by Gasteiger charge is 2.19. The van der Waals surface area contributed by atoms with Crippen molar-refractivity contribution in [3.05, 3.63) is 22.4 Å². The Labute approximate surface area is 77.8 Å². The number of hydrogen-bond acceptors (Lipinski definition) is 2. The van der Waals surface area contributed by atoms with Gasteiger partial charge in [-0.05, 0) is 31.2 Å². The monoisotopic (exact) mass is 181 g/mol. The fraction of sp³-hybridized carbons (Fsp3) is 0.600. The Hall–Kier alpha value is -0.340. The zero-order chi connectivity index (χ0) is 8.39. The van der Waals surface area contributed by atoms with Crippen LogP contribution in [0.5, 0.6) is 0 Å². The summed E-state index contributed by atoms with van der Waals surface area (Å²) in [6.07, 6.45) is 4.15. The minimum atomic E-state index is 0.551. The molecule has 1 aliphatic carbocycles. The van der Waals surface area contributed by atoms with Crippen molar-refractivity contribution in [1.82, 2.24) is 5.32 Å². The van der Waals surface area contributed by atoms with E-state index in [1.807, 2.05) is 11.3 Å². The predicted octanol–water partition coefficient (Wildman–Crippen LogP) is 2.95. The Morgan fingerprint density at radius 1 is 1.58 bits per heavy atom. The molecule has 1 atom stereocenters. The van der Waals surface area contributed by atoms with Gasteiger partial charge in [0.15, 0.2) is 0 Å². The molecule has 1 aliphatic rings. The second-order valence-corrected chi connectivity index (χ2v) is 4.51. The first-order valence-corrected chi connectivity index (χ1v) is 5.53. The molecule has 1 unspecified atom stereocenters. The van der Waals surface area contributed by atoms with Crippen LogP contribution in [0.4, 0.5) is 0 Å². The van der Waals surface area contributed by atoms with Crippen LogP contribution >= 0.6 is 11.3 Å². The lowest BCUT2D eigenvalue weighted by atomic mass is 9.92. The molecule has 0 saturated heterocycles. The Morgan fingerprint density at radius 2 is 2.42 bits per heavy atom. The van der Waals surface area contributed by atoms with Gasteiger partial charge in [-0.1, -0.05) is 12.5 Å². The second kappa shape index (κ2) is 3.58. The fourth-order valence-electron chi connectivity index (χ4n) is 1.55. The summed E-state index contributed by atoms with van der Waals surface area (Å²) in [5.41, 5.74) is 0. The zero-order valence-electron chi connectivity index (χ0n) is 7.42. The van der Waals surface area contributed by atoms with E-state index in [1.54, 1.807) is 0 Å². The molecule has 1 heterocycles. The van der Waals surface area contributed by atoms with Crippen LogP contribution in [0, 0.1) is 0 Å². The van der Waals surface area contributed by atoms with Crippen molar-refractivity contribution in [2.75, 3.05) is 0 Å². The first-order chi connectivity index (χ1) is 5.86. The summed E-state index contributed by atoms with van der Waals surface area (Å²) in [4.78, 5) is 1.46. The molecule has 66 valence electrons. The van der Waals surface area contributed by atoms with Crippen LogP contribution in [0.2, 0.25) is 0 Å². The Kier molecular flexibility index (Phi) is 2.47. The molecule has 0 aliphatic heterocycles. The second-order valence-electron chi connectivity index (χ2n) is 3.53. The van der Waals surface area contributed by atoms with E-state index in [4.69, 9.17) is 0 Å². The molecule has 0 aromatic carbocycles. The summed E-state index contributed by atoms with van der Waals surface area (Å²) in [5.74, 6) is 0. The number of nitrogens with one attached hydrogen (secondary N) is 1. The van der Waals surface area contributed by atoms with E-state index < -0.39 is 0 Å². The summed E-state index contributed by atoms with van der Waals surface area (Å²) in [5, 5.41) is 5.78. The molecule has 0 radical (unpaired) electrons. The van der Waals surface area contributed by atoms with Crippen molar-refractivity contribution in [2.24, 2.45) is 0 Å². The van der Waals surface area contributed by atoms with E-state index in [2.05, 4.69) is 29.8 Å². The summed E-state index contributed by atoms with van der Waals surface area (Å²) >= 11 is 1.85. The van der Waals surface area contributed by atoms with Crippen LogP contribution in [0.15, 0.2) is 17.5 Å². The zero-order valence-corrected chi connectivity index (χ0v) is 8.23. The summed E-state index contributed by atoms with van der Waals surface area (Å²) in [6.45, 7) is 2.25. The standard InChI is InChI=1S/C10H15NS/c1-8(10-6-3-7-12-10)11-9-4-2-5-9/h3,6-9,11H,2,4-5H2,1H3. The van der Waals surface area contributed by atoms with Crippen LogP contribution in [-0.4, -0.2) is 6.04 Å². The number of rotatable bonds is 3. The summed E-state index contributed by atoms with van der Waals surface area (Å²) < 4.78 is 0. The smallest absolute Gasteiger partial charge is 0.0388 e. The third-order valence-corrected chi connectivity index (χ3v) is 3.62. The average molecular weight is 181 g/mol. The first kappa shape index (κ1) is 8.27. The van der Waals surface area contributed by atoms with Crippen LogP contribution in [-0.2, 0) is 0 Å². The minimum absolute atomic E-state index is 0.551. The lowest BCUT2D eigenvalue weighted by Crippen LogP contribution is -2.36. The normalized spacial score (nSPS) is 20.4. The molecule has 1 saturated carbocycles. The molecule has 1 N–H and O–H groups in total. The highest BCUT2D eigenvalue weighted by Crippen LogP contribution is 2.24. The van der Waals surface area contributed by atoms with Gasteiger partial charge in [-0.3, -0.25) is 0 Å². The van der Waals surface area contributed by atoms with E-state index in [9.17, 15) is 0 Å². The molecule has 1 nitrogen and oxygen atoms in total. The minimum Gasteiger partial charge on any atom is -0.307 e. The molecule has 0 amide bonds. The van der Waals surface area contributed by atoms with Gasteiger partial charge < -0.3 is 5.32 Å². The summed E-state index contributed by atoms with van der Waals surface area (Å²) in [7, 11) is 0. The van der Waals surface area contributed by atoms with Gasteiger partial charge >= 0.3 is 0 Å². The number of hydrogen-bond donors (Lipinski definition) is 1. The van der Waals surface area contributed by atoms with Gasteiger partial charge in [-0.2, -0.15) is 0 Å². The van der Waals surface area contributed by atoms with E-state index in [0.717, 1.165) is 6.04 Å². The van der Waals surface area contributed by atoms with Crippen LogP contribution in [0.3, 0.4) is 0 Å². The lowest BCUT2D eigenvalue weighted by Gasteiger charge is -2.29. The van der Waals surface area contributed by atoms with Gasteiger partial charge in [0.05, 0.1) is 0 Å². The van der Waals surface area contributed by atoms with Crippen LogP contribution < -0.4 is 5.32 Å². The molecular formula is C10H15NS. The molecule has 0 bridgehead atoms. The van der Waals surface area contributed by atoms with Crippen LogP contribution in [0.25, 0.3) is 0 Å². The highest BCUT2D eigenvalue weighted by atomic mass is 32.1. The first-order valence-electron chi connectivity index (χ1n) is 4.66. The third kappa shape index (κ3) is 1.70. The Bertz CT molecular complexity index is 226. The van der Waals surface area contributed by atoms with Gasteiger partial charge in [-0.15, -0.1) is 11.3 Å². The molecule has 1 aromatic rings. The van der Waals surface area contributed by atoms with Gasteiger partial charge in [0.1, 0.15) is 0 Å². The quantitative estimate of drug-likeness (QED) is 0.756. The molecule has 1 fully saturated rings. The van der Waals surface area contributed by atoms with Crippen molar-refractivity contribution in [2.45, 2.75) is 38.3 Å². The maximum Gasteiger partial charge on any atom is 0.0388 e. The SMILES string of the molecule is CC(NC1CCC1)c1cccs1. The molecule has 0 spiro atoms. The van der Waals surface area contributed by atoms with E-state index in [0.29, 0.717) is 6.04 Å². The van der Waals surface area contributed by atoms with Gasteiger partial charge in [-0.25, -0.2) is 0 Å². The Balaban J connectivity index is 1.87. The third-order valence-electron chi connectivity index (χ3n) is 2.56. The van der Waals surface area contributed by atoms with Gasteiger partial charge in [0.2, 0.25) is 0 Å². The van der Waals surface area contributed by atoms with E-state index >= 15 is 0 Å². The maximum absolute atomic E-state index is 3.63. The van der Waals surface area contributed by atoms with Crippen molar-refractivity contribution < 1.29 is 0 Å². The molecule has 2 heteroatoms. The summed E-state index contributed by atoms with van der Waals surface area (Å²) in [6, 6.07) is 5.68. The van der Waals surface area contributed by atoms with Gasteiger partial charge in [0, 0.05) is 17.0 Å². The maximum atomic E-state index is 3.63. The molecule has 1 aromatic heterocycles. The Morgan fingerprint density at radius 3 is 2.92 bits per heavy atom. The molecule has 12 heavy (non-hydrogen) atoms. The van der Waals surface area contributed by atoms with Gasteiger partial charge in [0.25, 0.3) is 0 Å². The lowest BCUT2D eigenvalue weighted by molar-refractivity contribution is 0.315. The highest BCUT2D eigenvalue weighted by molar-refractivity contribution is 7.10. The largest absolute Gasteiger partial charge is 0.307 e. The van der Waals surface area contributed by atoms with E-state index in [1.165, 1.54) is 24.1 Å². The molecular weight excluding hydrogens is 166 g/mol. The number of thiophene rings is 1. The topological polar surface area (TPSA) is 12.0 Å². The van der Waals surface area contributed by atoms with Crippen molar-refractivity contribution in [3.63, 3.8) is 0 Å². The van der Waals surface area contributed by atoms with Crippen LogP contribution in [0.1, 0.15) is 37.1 Å². The fourth-order valence-corrected chi connectivity index (χ4v) is 2.29. The predicted molar refractivity (Wildman–Crippen MR) is 53.5 cm³/mol. The molecule has 2 rings (SSSR count). The van der Waals surface area contributed by atoms with Crippen molar-refractivity contribution in [3.8, 4) is 0 Å². The van der Waals surface area contributed by atoms with E-state index in [-0.39, 0.29) is 0 Å².